The smallest absolute Gasteiger partial charge is 0.142 e. The van der Waals surface area contributed by atoms with Gasteiger partial charge in [-0.05, 0) is 24.3 Å². The Hall–Kier alpha value is -2.37. The molecular formula is C15H15N3O2. The fourth-order valence-electron chi connectivity index (χ4n) is 2.23. The highest BCUT2D eigenvalue weighted by Crippen LogP contribution is 2.30. The van der Waals surface area contributed by atoms with Crippen molar-refractivity contribution in [3.63, 3.8) is 0 Å². The van der Waals surface area contributed by atoms with Crippen molar-refractivity contribution in [2.45, 2.75) is 6.04 Å². The maximum absolute atomic E-state index is 5.84. The van der Waals surface area contributed by atoms with Crippen LogP contribution in [0.1, 0.15) is 17.5 Å². The van der Waals surface area contributed by atoms with E-state index >= 15 is 0 Å². The molecule has 0 saturated carbocycles. The number of nitrogens with zero attached hydrogens (tertiary/aromatic N) is 1. The molecule has 1 unspecified atom stereocenters. The van der Waals surface area contributed by atoms with Crippen molar-refractivity contribution in [3.8, 4) is 5.75 Å². The van der Waals surface area contributed by atoms with E-state index in [1.165, 1.54) is 0 Å². The van der Waals surface area contributed by atoms with Crippen molar-refractivity contribution >= 4 is 11.0 Å². The van der Waals surface area contributed by atoms with Gasteiger partial charge < -0.3 is 9.15 Å². The van der Waals surface area contributed by atoms with Crippen LogP contribution in [0.4, 0.5) is 0 Å². The van der Waals surface area contributed by atoms with E-state index in [-0.39, 0.29) is 6.04 Å². The van der Waals surface area contributed by atoms with Gasteiger partial charge in [-0.1, -0.05) is 18.2 Å². The van der Waals surface area contributed by atoms with Gasteiger partial charge in [0.2, 0.25) is 0 Å². The fourth-order valence-corrected chi connectivity index (χ4v) is 2.23. The number of fused-ring (bicyclic) bond motifs is 1. The molecule has 20 heavy (non-hydrogen) atoms. The molecule has 102 valence electrons. The second-order valence-electron chi connectivity index (χ2n) is 4.38. The van der Waals surface area contributed by atoms with Crippen molar-refractivity contribution in [2.75, 3.05) is 7.11 Å². The van der Waals surface area contributed by atoms with Crippen LogP contribution >= 0.6 is 0 Å². The summed E-state index contributed by atoms with van der Waals surface area (Å²) < 4.78 is 11.2. The summed E-state index contributed by atoms with van der Waals surface area (Å²) in [6.07, 6.45) is 1.70. The summed E-state index contributed by atoms with van der Waals surface area (Å²) in [4.78, 5) is 4.34. The summed E-state index contributed by atoms with van der Waals surface area (Å²) in [5.74, 6) is 7.04. The number of furan rings is 1. The van der Waals surface area contributed by atoms with E-state index in [1.807, 2.05) is 42.5 Å². The van der Waals surface area contributed by atoms with Gasteiger partial charge in [0.15, 0.2) is 0 Å². The average Bonchev–Trinajstić information content (AvgIpc) is 2.92. The molecule has 0 aliphatic carbocycles. The van der Waals surface area contributed by atoms with Crippen LogP contribution in [0, 0.1) is 0 Å². The normalized spacial score (nSPS) is 12.5. The highest BCUT2D eigenvalue weighted by Gasteiger charge is 2.22. The van der Waals surface area contributed by atoms with Gasteiger partial charge in [-0.2, -0.15) is 0 Å². The maximum Gasteiger partial charge on any atom is 0.142 e. The number of benzene rings is 1. The van der Waals surface area contributed by atoms with E-state index in [1.54, 1.807) is 13.3 Å². The first kappa shape index (κ1) is 12.7. The number of nitrogens with one attached hydrogen (secondary N) is 1. The molecule has 3 N–H and O–H groups in total. The van der Waals surface area contributed by atoms with Gasteiger partial charge in [-0.25, -0.2) is 5.43 Å². The predicted octanol–water partition coefficient (Wildman–Crippen LogP) is 2.39. The first-order valence-electron chi connectivity index (χ1n) is 6.27. The number of rotatable bonds is 4. The largest absolute Gasteiger partial charge is 0.495 e. The molecule has 2 heterocycles. The number of aromatic nitrogens is 1. The standard InChI is InChI=1S/C15H15N3O2/c1-19-12-7-4-8-17-14(12)15(18-16)13-9-10-5-2-3-6-11(10)20-13/h2-9,15,18H,16H2,1H3. The van der Waals surface area contributed by atoms with Gasteiger partial charge in [0.05, 0.1) is 7.11 Å². The molecule has 0 saturated heterocycles. The number of hydrogen-bond donors (Lipinski definition) is 2. The van der Waals surface area contributed by atoms with Gasteiger partial charge in [-0.15, -0.1) is 0 Å². The predicted molar refractivity (Wildman–Crippen MR) is 76.2 cm³/mol. The Labute approximate surface area is 116 Å². The van der Waals surface area contributed by atoms with Crippen LogP contribution in [0.5, 0.6) is 5.75 Å². The first-order valence-corrected chi connectivity index (χ1v) is 6.27. The number of hydrazine groups is 1. The number of nitrogens with two attached hydrogens (primary N) is 1. The lowest BCUT2D eigenvalue weighted by Gasteiger charge is -2.15. The fraction of sp³-hybridized carbons (Fsp3) is 0.133. The molecule has 3 aromatic rings. The summed E-state index contributed by atoms with van der Waals surface area (Å²) in [5, 5.41) is 1.03. The molecule has 1 atom stereocenters. The summed E-state index contributed by atoms with van der Waals surface area (Å²) in [6.45, 7) is 0. The van der Waals surface area contributed by atoms with Crippen molar-refractivity contribution < 1.29 is 9.15 Å². The zero-order valence-corrected chi connectivity index (χ0v) is 11.0. The SMILES string of the molecule is COc1cccnc1C(NN)c1cc2ccccc2o1. The maximum atomic E-state index is 5.84. The van der Waals surface area contributed by atoms with Crippen molar-refractivity contribution in [2.24, 2.45) is 5.84 Å². The van der Waals surface area contributed by atoms with Crippen LogP contribution < -0.4 is 16.0 Å². The van der Waals surface area contributed by atoms with E-state index in [9.17, 15) is 0 Å². The molecule has 3 rings (SSSR count). The van der Waals surface area contributed by atoms with E-state index < -0.39 is 0 Å². The first-order chi connectivity index (χ1) is 9.83. The molecule has 0 spiro atoms. The third kappa shape index (κ3) is 2.13. The Bertz CT molecular complexity index is 691. The summed E-state index contributed by atoms with van der Waals surface area (Å²) in [5.41, 5.74) is 4.24. The van der Waals surface area contributed by atoms with E-state index in [4.69, 9.17) is 15.0 Å². The third-order valence-electron chi connectivity index (χ3n) is 3.19. The topological polar surface area (TPSA) is 73.3 Å². The van der Waals surface area contributed by atoms with E-state index in [0.717, 1.165) is 11.0 Å². The molecule has 0 aliphatic rings. The number of ether oxygens (including phenoxy) is 1. The Balaban J connectivity index is 2.09. The Morgan fingerprint density at radius 2 is 2.10 bits per heavy atom. The number of hydrogen-bond acceptors (Lipinski definition) is 5. The van der Waals surface area contributed by atoms with Crippen LogP contribution in [0.2, 0.25) is 0 Å². The summed E-state index contributed by atoms with van der Waals surface area (Å²) >= 11 is 0. The molecule has 5 nitrogen and oxygen atoms in total. The van der Waals surface area contributed by atoms with Crippen LogP contribution in [0.25, 0.3) is 11.0 Å². The molecule has 0 fully saturated rings. The Kier molecular flexibility index (Phi) is 3.37. The van der Waals surface area contributed by atoms with Gasteiger partial charge in [-0.3, -0.25) is 10.8 Å². The minimum absolute atomic E-state index is 0.362. The monoisotopic (exact) mass is 269 g/mol. The lowest BCUT2D eigenvalue weighted by atomic mass is 10.1. The van der Waals surface area contributed by atoms with E-state index in [2.05, 4.69) is 10.4 Å². The second-order valence-corrected chi connectivity index (χ2v) is 4.38. The van der Waals surface area contributed by atoms with E-state index in [0.29, 0.717) is 17.2 Å². The Morgan fingerprint density at radius 1 is 1.25 bits per heavy atom. The van der Waals surface area contributed by atoms with Crippen molar-refractivity contribution in [1.29, 1.82) is 0 Å². The molecule has 5 heteroatoms. The lowest BCUT2D eigenvalue weighted by Crippen LogP contribution is -2.29. The molecule has 2 aromatic heterocycles. The lowest BCUT2D eigenvalue weighted by molar-refractivity contribution is 0.391. The zero-order chi connectivity index (χ0) is 13.9. The number of pyridine rings is 1. The second kappa shape index (κ2) is 5.32. The number of methoxy groups -OCH3 is 1. The summed E-state index contributed by atoms with van der Waals surface area (Å²) in [7, 11) is 1.60. The average molecular weight is 269 g/mol. The van der Waals surface area contributed by atoms with Crippen LogP contribution in [-0.2, 0) is 0 Å². The molecule has 0 amide bonds. The highest BCUT2D eigenvalue weighted by atomic mass is 16.5. The minimum Gasteiger partial charge on any atom is -0.495 e. The van der Waals surface area contributed by atoms with Gasteiger partial charge >= 0.3 is 0 Å². The molecule has 0 bridgehead atoms. The van der Waals surface area contributed by atoms with Crippen LogP contribution in [0.15, 0.2) is 53.1 Å². The molecule has 1 aromatic carbocycles. The molecule has 0 radical (unpaired) electrons. The highest BCUT2D eigenvalue weighted by molar-refractivity contribution is 5.78. The Morgan fingerprint density at radius 3 is 2.85 bits per heavy atom. The quantitative estimate of drug-likeness (QED) is 0.562. The third-order valence-corrected chi connectivity index (χ3v) is 3.19. The molecular weight excluding hydrogens is 254 g/mol. The van der Waals surface area contributed by atoms with Gasteiger partial charge in [0, 0.05) is 11.6 Å². The van der Waals surface area contributed by atoms with Crippen LogP contribution in [-0.4, -0.2) is 12.1 Å². The van der Waals surface area contributed by atoms with Crippen molar-refractivity contribution in [1.82, 2.24) is 10.4 Å². The van der Waals surface area contributed by atoms with Crippen LogP contribution in [0.3, 0.4) is 0 Å². The van der Waals surface area contributed by atoms with Gasteiger partial charge in [0.1, 0.15) is 28.8 Å². The molecule has 0 aliphatic heterocycles. The zero-order valence-electron chi connectivity index (χ0n) is 11.0. The van der Waals surface area contributed by atoms with Crippen molar-refractivity contribution in [3.05, 3.63) is 60.1 Å². The van der Waals surface area contributed by atoms with Gasteiger partial charge in [0.25, 0.3) is 0 Å². The summed E-state index contributed by atoms with van der Waals surface area (Å²) in [6, 6.07) is 13.1. The minimum atomic E-state index is -0.362. The number of para-hydroxylation sites is 1.